The number of nitrogens with one attached hydrogen (secondary N) is 1. The summed E-state index contributed by atoms with van der Waals surface area (Å²) >= 11 is 1.47. The van der Waals surface area contributed by atoms with Gasteiger partial charge in [-0.15, -0.1) is 11.3 Å². The van der Waals surface area contributed by atoms with Gasteiger partial charge in [0, 0.05) is 11.8 Å². The van der Waals surface area contributed by atoms with Crippen LogP contribution in [0.25, 0.3) is 16.8 Å². The van der Waals surface area contributed by atoms with Crippen LogP contribution in [0.1, 0.15) is 11.5 Å². The Morgan fingerprint density at radius 1 is 1.12 bits per heavy atom. The van der Waals surface area contributed by atoms with Crippen molar-refractivity contribution in [3.05, 3.63) is 83.6 Å². The van der Waals surface area contributed by atoms with Gasteiger partial charge in [-0.2, -0.15) is 4.98 Å². The van der Waals surface area contributed by atoms with E-state index < -0.39 is 16.0 Å². The summed E-state index contributed by atoms with van der Waals surface area (Å²) in [6.45, 7) is -0.157. The molecule has 0 unspecified atom stereocenters. The first-order chi connectivity index (χ1) is 16.4. The Kier molecular flexibility index (Phi) is 7.04. The molecule has 174 valence electrons. The molecule has 34 heavy (non-hydrogen) atoms. The van der Waals surface area contributed by atoms with Crippen LogP contribution in [0.4, 0.5) is 5.69 Å². The molecular formula is C23H19N3O6S2. The predicted octanol–water partition coefficient (Wildman–Crippen LogP) is 4.36. The number of esters is 1. The first-order valence-corrected chi connectivity index (χ1v) is 12.3. The Labute approximate surface area is 199 Å². The molecular weight excluding hydrogens is 478 g/mol. The van der Waals surface area contributed by atoms with Gasteiger partial charge >= 0.3 is 5.97 Å². The predicted molar refractivity (Wildman–Crippen MR) is 127 cm³/mol. The molecule has 1 N–H and O–H groups in total. The quantitative estimate of drug-likeness (QED) is 0.267. The molecule has 0 saturated heterocycles. The van der Waals surface area contributed by atoms with Gasteiger partial charge in [-0.05, 0) is 59.5 Å². The van der Waals surface area contributed by atoms with Crippen molar-refractivity contribution in [3.8, 4) is 16.5 Å². The Hall–Kier alpha value is -3.96. The molecule has 4 rings (SSSR count). The summed E-state index contributed by atoms with van der Waals surface area (Å²) in [5.41, 5.74) is 1.04. The van der Waals surface area contributed by atoms with Crippen LogP contribution in [-0.4, -0.2) is 31.6 Å². The molecule has 0 radical (unpaired) electrons. The van der Waals surface area contributed by atoms with E-state index in [0.29, 0.717) is 22.8 Å². The molecule has 2 aromatic carbocycles. The third-order valence-electron chi connectivity index (χ3n) is 4.49. The number of carbonyl (C=O) groups is 1. The van der Waals surface area contributed by atoms with E-state index in [1.807, 2.05) is 17.5 Å². The number of benzene rings is 2. The van der Waals surface area contributed by atoms with Crippen LogP contribution in [0.15, 0.2) is 81.5 Å². The molecule has 9 nitrogen and oxygen atoms in total. The van der Waals surface area contributed by atoms with E-state index in [-0.39, 0.29) is 17.4 Å². The van der Waals surface area contributed by atoms with Crippen LogP contribution in [0.3, 0.4) is 0 Å². The number of anilines is 1. The number of nitrogens with zero attached hydrogens (tertiary/aromatic N) is 2. The third-order valence-corrected chi connectivity index (χ3v) is 6.76. The second-order valence-corrected chi connectivity index (χ2v) is 9.46. The van der Waals surface area contributed by atoms with E-state index in [0.717, 1.165) is 4.88 Å². The Morgan fingerprint density at radius 3 is 2.56 bits per heavy atom. The summed E-state index contributed by atoms with van der Waals surface area (Å²) in [7, 11) is -2.23. The number of aromatic nitrogens is 2. The zero-order chi connectivity index (χ0) is 24.0. The molecule has 0 aliphatic heterocycles. The number of carbonyl (C=O) groups excluding carboxylic acids is 1. The number of sulfonamides is 1. The van der Waals surface area contributed by atoms with E-state index in [1.165, 1.54) is 42.7 Å². The molecule has 0 aliphatic rings. The lowest BCUT2D eigenvalue weighted by molar-refractivity contribution is -0.139. The molecule has 2 aromatic heterocycles. The van der Waals surface area contributed by atoms with Gasteiger partial charge in [-0.3, -0.25) is 4.72 Å². The van der Waals surface area contributed by atoms with Crippen LogP contribution >= 0.6 is 11.3 Å². The highest BCUT2D eigenvalue weighted by atomic mass is 32.2. The maximum Gasteiger partial charge on any atom is 0.331 e. The number of methoxy groups -OCH3 is 1. The number of rotatable bonds is 9. The van der Waals surface area contributed by atoms with Crippen LogP contribution in [0.2, 0.25) is 0 Å². The molecule has 0 saturated carbocycles. The van der Waals surface area contributed by atoms with Crippen molar-refractivity contribution in [2.75, 3.05) is 11.8 Å². The monoisotopic (exact) mass is 497 g/mol. The number of ether oxygens (including phenoxy) is 2. The SMILES string of the molecule is COc1ccc(NS(=O)(=O)c2ccc(/C=C/C(=O)OCc3nc(-c4cccs4)no3)cc2)cc1. The highest BCUT2D eigenvalue weighted by Crippen LogP contribution is 2.22. The summed E-state index contributed by atoms with van der Waals surface area (Å²) in [6.07, 6.45) is 2.75. The summed E-state index contributed by atoms with van der Waals surface area (Å²) in [6, 6.07) is 16.3. The third kappa shape index (κ3) is 5.88. The average Bonchev–Trinajstić information content (AvgIpc) is 3.54. The van der Waals surface area contributed by atoms with Crippen molar-refractivity contribution < 1.29 is 27.2 Å². The fraction of sp³-hybridized carbons (Fsp3) is 0.0870. The molecule has 0 spiro atoms. The largest absolute Gasteiger partial charge is 0.497 e. The van der Waals surface area contributed by atoms with Gasteiger partial charge in [0.05, 0.1) is 16.9 Å². The maximum absolute atomic E-state index is 12.6. The van der Waals surface area contributed by atoms with Gasteiger partial charge in [-0.1, -0.05) is 23.4 Å². The average molecular weight is 498 g/mol. The smallest absolute Gasteiger partial charge is 0.331 e. The fourth-order valence-electron chi connectivity index (χ4n) is 2.80. The maximum atomic E-state index is 12.6. The van der Waals surface area contributed by atoms with E-state index in [1.54, 1.807) is 36.4 Å². The van der Waals surface area contributed by atoms with Crippen LogP contribution < -0.4 is 9.46 Å². The molecule has 0 aliphatic carbocycles. The zero-order valence-electron chi connectivity index (χ0n) is 17.9. The summed E-state index contributed by atoms with van der Waals surface area (Å²) in [5, 5.41) is 5.75. The molecule has 11 heteroatoms. The van der Waals surface area contributed by atoms with E-state index in [2.05, 4.69) is 14.9 Å². The van der Waals surface area contributed by atoms with Crippen molar-refractivity contribution in [1.82, 2.24) is 10.1 Å². The normalized spacial score (nSPS) is 11.4. The van der Waals surface area contributed by atoms with Gasteiger partial charge in [0.15, 0.2) is 6.61 Å². The van der Waals surface area contributed by atoms with Crippen molar-refractivity contribution in [3.63, 3.8) is 0 Å². The van der Waals surface area contributed by atoms with Crippen molar-refractivity contribution in [1.29, 1.82) is 0 Å². The van der Waals surface area contributed by atoms with E-state index >= 15 is 0 Å². The molecule has 4 aromatic rings. The number of hydrogen-bond donors (Lipinski definition) is 1. The summed E-state index contributed by atoms with van der Waals surface area (Å²) < 4.78 is 42.9. The van der Waals surface area contributed by atoms with E-state index in [9.17, 15) is 13.2 Å². The van der Waals surface area contributed by atoms with Gasteiger partial charge in [-0.25, -0.2) is 13.2 Å². The lowest BCUT2D eigenvalue weighted by Crippen LogP contribution is -2.12. The fourth-order valence-corrected chi connectivity index (χ4v) is 4.50. The number of thiophene rings is 1. The lowest BCUT2D eigenvalue weighted by atomic mass is 10.2. The standard InChI is InChI=1S/C23H19N3O6S2/c1-30-18-9-7-17(8-10-18)26-34(28,29)19-11-4-16(5-12-19)6-13-22(27)31-15-21-24-23(25-32-21)20-3-2-14-33-20/h2-14,26H,15H2,1H3/b13-6+. The summed E-state index contributed by atoms with van der Waals surface area (Å²) in [5.74, 6) is 0.642. The second kappa shape index (κ2) is 10.3. The lowest BCUT2D eigenvalue weighted by Gasteiger charge is -2.09. The topological polar surface area (TPSA) is 121 Å². The Bertz CT molecular complexity index is 1380. The molecule has 0 amide bonds. The minimum Gasteiger partial charge on any atom is -0.497 e. The van der Waals surface area contributed by atoms with Crippen LogP contribution in [-0.2, 0) is 26.2 Å². The molecule has 0 fully saturated rings. The minimum atomic E-state index is -3.76. The van der Waals surface area contributed by atoms with Crippen LogP contribution in [0, 0.1) is 0 Å². The summed E-state index contributed by atoms with van der Waals surface area (Å²) in [4.78, 5) is 17.1. The van der Waals surface area contributed by atoms with Crippen molar-refractivity contribution in [2.45, 2.75) is 11.5 Å². The van der Waals surface area contributed by atoms with Crippen LogP contribution in [0.5, 0.6) is 5.75 Å². The van der Waals surface area contributed by atoms with Gasteiger partial charge in [0.2, 0.25) is 5.82 Å². The van der Waals surface area contributed by atoms with E-state index in [4.69, 9.17) is 14.0 Å². The second-order valence-electron chi connectivity index (χ2n) is 6.83. The highest BCUT2D eigenvalue weighted by molar-refractivity contribution is 7.92. The Morgan fingerprint density at radius 2 is 1.88 bits per heavy atom. The molecule has 0 atom stereocenters. The molecule has 0 bridgehead atoms. The van der Waals surface area contributed by atoms with Crippen molar-refractivity contribution >= 4 is 39.1 Å². The minimum absolute atomic E-state index is 0.0842. The number of hydrogen-bond acceptors (Lipinski definition) is 9. The first kappa shape index (κ1) is 23.2. The first-order valence-electron chi connectivity index (χ1n) is 9.91. The Balaban J connectivity index is 1.31. The zero-order valence-corrected chi connectivity index (χ0v) is 19.5. The van der Waals surface area contributed by atoms with Gasteiger partial charge < -0.3 is 14.0 Å². The van der Waals surface area contributed by atoms with Crippen molar-refractivity contribution in [2.24, 2.45) is 0 Å². The molecule has 2 heterocycles. The van der Waals surface area contributed by atoms with Gasteiger partial charge in [0.25, 0.3) is 15.9 Å². The van der Waals surface area contributed by atoms with Gasteiger partial charge in [0.1, 0.15) is 5.75 Å². The highest BCUT2D eigenvalue weighted by Gasteiger charge is 2.14.